The van der Waals surface area contributed by atoms with Gasteiger partial charge in [0.15, 0.2) is 5.58 Å². The minimum absolute atomic E-state index is 0.0354. The molecule has 0 aliphatic carbocycles. The number of hydrogen-bond donors (Lipinski definition) is 1. The summed E-state index contributed by atoms with van der Waals surface area (Å²) in [7, 11) is -2.29. The van der Waals surface area contributed by atoms with Gasteiger partial charge in [-0.3, -0.25) is 9.29 Å². The third-order valence-corrected chi connectivity index (χ3v) is 4.85. The lowest BCUT2D eigenvalue weighted by molar-refractivity contribution is 0.340. The molecule has 0 radical (unpaired) electrons. The van der Waals surface area contributed by atoms with E-state index in [1.165, 1.54) is 29.8 Å². The highest BCUT2D eigenvalue weighted by Crippen LogP contribution is 2.23. The van der Waals surface area contributed by atoms with Gasteiger partial charge >= 0.3 is 5.76 Å². The molecule has 1 aromatic heterocycles. The van der Waals surface area contributed by atoms with Crippen molar-refractivity contribution in [1.82, 2.24) is 4.57 Å². The molecule has 0 aliphatic rings. The highest BCUT2D eigenvalue weighted by molar-refractivity contribution is 7.92. The molecule has 3 rings (SSSR count). The summed E-state index contributed by atoms with van der Waals surface area (Å²) in [6.45, 7) is 2.34. The van der Waals surface area contributed by atoms with E-state index >= 15 is 0 Å². The van der Waals surface area contributed by atoms with Crippen LogP contribution in [0.1, 0.15) is 6.92 Å². The number of anilines is 1. The van der Waals surface area contributed by atoms with Crippen LogP contribution in [0.25, 0.3) is 11.1 Å². The summed E-state index contributed by atoms with van der Waals surface area (Å²) in [6.07, 6.45) is 0. The summed E-state index contributed by atoms with van der Waals surface area (Å²) >= 11 is 0. The Morgan fingerprint density at radius 1 is 1.21 bits per heavy atom. The largest absolute Gasteiger partial charge is 0.494 e. The molecule has 2 aromatic carbocycles. The zero-order valence-electron chi connectivity index (χ0n) is 13.1. The van der Waals surface area contributed by atoms with Gasteiger partial charge in [0.1, 0.15) is 5.75 Å². The molecule has 1 N–H and O–H groups in total. The number of nitrogens with one attached hydrogen (secondary N) is 1. The van der Waals surface area contributed by atoms with Crippen LogP contribution in [0, 0.1) is 0 Å². The first-order valence-electron chi connectivity index (χ1n) is 7.26. The monoisotopic (exact) mass is 348 g/mol. The number of rotatable bonds is 5. The van der Waals surface area contributed by atoms with Crippen LogP contribution in [-0.4, -0.2) is 19.6 Å². The van der Waals surface area contributed by atoms with Gasteiger partial charge in [0.2, 0.25) is 0 Å². The number of sulfonamides is 1. The summed E-state index contributed by atoms with van der Waals surface area (Å²) in [5.74, 6) is 0.0299. The average Bonchev–Trinajstić information content (AvgIpc) is 2.82. The van der Waals surface area contributed by atoms with Crippen molar-refractivity contribution in [1.29, 1.82) is 0 Å². The Morgan fingerprint density at radius 2 is 2.00 bits per heavy atom. The van der Waals surface area contributed by atoms with E-state index in [-0.39, 0.29) is 4.90 Å². The molecule has 0 aliphatic heterocycles. The predicted molar refractivity (Wildman–Crippen MR) is 89.9 cm³/mol. The van der Waals surface area contributed by atoms with Crippen molar-refractivity contribution in [3.63, 3.8) is 0 Å². The van der Waals surface area contributed by atoms with Gasteiger partial charge in [0.25, 0.3) is 10.0 Å². The number of fused-ring (bicyclic) bond motifs is 1. The molecule has 0 saturated heterocycles. The van der Waals surface area contributed by atoms with Gasteiger partial charge < -0.3 is 9.15 Å². The van der Waals surface area contributed by atoms with Crippen LogP contribution in [0.4, 0.5) is 5.69 Å². The Labute approximate surface area is 138 Å². The predicted octanol–water partition coefficient (Wildman–Crippen LogP) is 2.33. The first-order chi connectivity index (χ1) is 11.4. The number of ether oxygens (including phenoxy) is 1. The maximum absolute atomic E-state index is 12.6. The number of aromatic nitrogens is 1. The second kappa shape index (κ2) is 6.04. The molecule has 1 heterocycles. The molecule has 0 fully saturated rings. The molecule has 3 aromatic rings. The van der Waals surface area contributed by atoms with Gasteiger partial charge in [0.05, 0.1) is 22.7 Å². The van der Waals surface area contributed by atoms with E-state index in [2.05, 4.69) is 4.72 Å². The summed E-state index contributed by atoms with van der Waals surface area (Å²) in [4.78, 5) is 11.5. The second-order valence-electron chi connectivity index (χ2n) is 5.12. The minimum atomic E-state index is -3.81. The zero-order chi connectivity index (χ0) is 17.3. The lowest BCUT2D eigenvalue weighted by atomic mass is 10.3. The highest BCUT2D eigenvalue weighted by atomic mass is 32.2. The summed E-state index contributed by atoms with van der Waals surface area (Å²) < 4.78 is 39.2. The summed E-state index contributed by atoms with van der Waals surface area (Å²) in [5.41, 5.74) is 1.13. The Kier molecular flexibility index (Phi) is 4.06. The molecule has 0 atom stereocenters. The molecule has 0 amide bonds. The number of nitrogens with zero attached hydrogens (tertiary/aromatic N) is 1. The number of oxazole rings is 1. The fraction of sp³-hybridized carbons (Fsp3) is 0.188. The molecular weight excluding hydrogens is 332 g/mol. The van der Waals surface area contributed by atoms with Crippen molar-refractivity contribution in [3.05, 3.63) is 53.0 Å². The Bertz CT molecular complexity index is 1050. The van der Waals surface area contributed by atoms with Crippen LogP contribution < -0.4 is 15.2 Å². The second-order valence-corrected chi connectivity index (χ2v) is 6.81. The Hall–Kier alpha value is -2.74. The number of aryl methyl sites for hydroxylation is 1. The van der Waals surface area contributed by atoms with Gasteiger partial charge in [-0.1, -0.05) is 6.07 Å². The lowest BCUT2D eigenvalue weighted by Gasteiger charge is -2.10. The van der Waals surface area contributed by atoms with Gasteiger partial charge in [-0.05, 0) is 37.3 Å². The van der Waals surface area contributed by atoms with Crippen LogP contribution in [0.2, 0.25) is 0 Å². The minimum Gasteiger partial charge on any atom is -0.494 e. The molecule has 7 nitrogen and oxygen atoms in total. The van der Waals surface area contributed by atoms with Crippen LogP contribution in [0.5, 0.6) is 5.75 Å². The molecular formula is C16H16N2O5S. The van der Waals surface area contributed by atoms with Crippen LogP contribution in [0.15, 0.2) is 56.6 Å². The van der Waals surface area contributed by atoms with Crippen LogP contribution >= 0.6 is 0 Å². The Balaban J connectivity index is 1.97. The third kappa shape index (κ3) is 3.00. The van der Waals surface area contributed by atoms with E-state index in [4.69, 9.17) is 9.15 Å². The van der Waals surface area contributed by atoms with Crippen LogP contribution in [-0.2, 0) is 17.1 Å². The maximum Gasteiger partial charge on any atom is 0.419 e. The van der Waals surface area contributed by atoms with Crippen molar-refractivity contribution >= 4 is 26.8 Å². The van der Waals surface area contributed by atoms with Gasteiger partial charge in [-0.25, -0.2) is 13.2 Å². The average molecular weight is 348 g/mol. The van der Waals surface area contributed by atoms with Gasteiger partial charge in [0, 0.05) is 13.1 Å². The van der Waals surface area contributed by atoms with E-state index in [9.17, 15) is 13.2 Å². The standard InChI is InChI=1S/C16H16N2O5S/c1-3-22-12-6-4-5-11(9-12)17-24(20,21)13-7-8-15-14(10-13)18(2)16(19)23-15/h4-10,17H,3H2,1-2H3. The SMILES string of the molecule is CCOc1cccc(NS(=O)(=O)c2ccc3oc(=O)n(C)c3c2)c1. The molecule has 0 unspecified atom stereocenters. The molecule has 0 spiro atoms. The smallest absolute Gasteiger partial charge is 0.419 e. The quantitative estimate of drug-likeness (QED) is 0.764. The van der Waals surface area contributed by atoms with E-state index in [1.807, 2.05) is 6.92 Å². The van der Waals surface area contributed by atoms with E-state index in [1.54, 1.807) is 24.3 Å². The van der Waals surface area contributed by atoms with Gasteiger partial charge in [-0.15, -0.1) is 0 Å². The summed E-state index contributed by atoms with van der Waals surface area (Å²) in [5, 5.41) is 0. The van der Waals surface area contributed by atoms with E-state index in [0.717, 1.165) is 0 Å². The van der Waals surface area contributed by atoms with E-state index in [0.29, 0.717) is 29.1 Å². The lowest BCUT2D eigenvalue weighted by Crippen LogP contribution is -2.13. The fourth-order valence-electron chi connectivity index (χ4n) is 2.30. The van der Waals surface area contributed by atoms with Crippen LogP contribution in [0.3, 0.4) is 0 Å². The van der Waals surface area contributed by atoms with Crippen molar-refractivity contribution < 1.29 is 17.6 Å². The van der Waals surface area contributed by atoms with Crippen molar-refractivity contribution in [2.45, 2.75) is 11.8 Å². The topological polar surface area (TPSA) is 90.5 Å². The number of benzene rings is 2. The van der Waals surface area contributed by atoms with Crippen molar-refractivity contribution in [2.24, 2.45) is 7.05 Å². The highest BCUT2D eigenvalue weighted by Gasteiger charge is 2.17. The molecule has 0 bridgehead atoms. The first kappa shape index (κ1) is 16.1. The fourth-order valence-corrected chi connectivity index (χ4v) is 3.37. The van der Waals surface area contributed by atoms with Crippen molar-refractivity contribution in [2.75, 3.05) is 11.3 Å². The molecule has 0 saturated carbocycles. The maximum atomic E-state index is 12.6. The van der Waals surface area contributed by atoms with Crippen molar-refractivity contribution in [3.8, 4) is 5.75 Å². The zero-order valence-corrected chi connectivity index (χ0v) is 14.0. The third-order valence-electron chi connectivity index (χ3n) is 3.47. The Morgan fingerprint density at radius 3 is 2.75 bits per heavy atom. The molecule has 8 heteroatoms. The molecule has 126 valence electrons. The molecule has 24 heavy (non-hydrogen) atoms. The summed E-state index contributed by atoms with van der Waals surface area (Å²) in [6, 6.07) is 10.9. The first-order valence-corrected chi connectivity index (χ1v) is 8.74. The van der Waals surface area contributed by atoms with E-state index < -0.39 is 15.8 Å². The normalized spacial score (nSPS) is 11.6. The van der Waals surface area contributed by atoms with Gasteiger partial charge in [-0.2, -0.15) is 0 Å². The number of hydrogen-bond acceptors (Lipinski definition) is 5.